The van der Waals surface area contributed by atoms with Crippen molar-refractivity contribution in [3.05, 3.63) is 68.7 Å². The van der Waals surface area contributed by atoms with Crippen LogP contribution in [0.3, 0.4) is 0 Å². The Morgan fingerprint density at radius 1 is 1.19 bits per heavy atom. The second kappa shape index (κ2) is 6.49. The van der Waals surface area contributed by atoms with Crippen molar-refractivity contribution >= 4 is 23.0 Å². The van der Waals surface area contributed by atoms with E-state index >= 15 is 0 Å². The summed E-state index contributed by atoms with van der Waals surface area (Å²) in [5, 5.41) is 14.2. The van der Waals surface area contributed by atoms with Crippen molar-refractivity contribution in [2.45, 2.75) is 13.0 Å². The fourth-order valence-corrected chi connectivity index (χ4v) is 1.96. The first-order valence-corrected chi connectivity index (χ1v) is 6.40. The van der Waals surface area contributed by atoms with E-state index < -0.39 is 11.3 Å². The van der Waals surface area contributed by atoms with E-state index in [9.17, 15) is 18.9 Å². The summed E-state index contributed by atoms with van der Waals surface area (Å²) < 4.78 is 24.9. The third-order valence-electron chi connectivity index (χ3n) is 2.87. The number of halogens is 3. The monoisotopic (exact) mass is 312 g/mol. The van der Waals surface area contributed by atoms with E-state index in [2.05, 4.69) is 5.32 Å². The largest absolute Gasteiger partial charge is 0.375 e. The van der Waals surface area contributed by atoms with E-state index in [1.807, 2.05) is 0 Å². The van der Waals surface area contributed by atoms with Crippen LogP contribution in [-0.4, -0.2) is 4.92 Å². The maximum Gasteiger partial charge on any atom is 0.292 e. The lowest BCUT2D eigenvalue weighted by atomic mass is 10.1. The maximum absolute atomic E-state index is 12.4. The van der Waals surface area contributed by atoms with Crippen LogP contribution in [0.2, 0.25) is 5.02 Å². The number of hydrogen-bond donors (Lipinski definition) is 1. The van der Waals surface area contributed by atoms with Gasteiger partial charge >= 0.3 is 0 Å². The van der Waals surface area contributed by atoms with Crippen molar-refractivity contribution in [2.24, 2.45) is 0 Å². The fourth-order valence-electron chi connectivity index (χ4n) is 1.79. The number of nitro groups is 1. The van der Waals surface area contributed by atoms with E-state index in [0.717, 1.165) is 5.56 Å². The first-order valence-electron chi connectivity index (χ1n) is 6.02. The van der Waals surface area contributed by atoms with Crippen molar-refractivity contribution in [2.75, 3.05) is 5.32 Å². The average molecular weight is 313 g/mol. The highest BCUT2D eigenvalue weighted by Gasteiger charge is 2.13. The molecule has 0 radical (unpaired) electrons. The highest BCUT2D eigenvalue weighted by Crippen LogP contribution is 2.28. The molecular weight excluding hydrogens is 302 g/mol. The number of hydrogen-bond acceptors (Lipinski definition) is 3. The summed E-state index contributed by atoms with van der Waals surface area (Å²) in [6, 6.07) is 9.94. The van der Waals surface area contributed by atoms with Crippen molar-refractivity contribution < 1.29 is 13.7 Å². The molecular formula is C14H11ClF2N2O2. The molecule has 0 aliphatic carbocycles. The zero-order chi connectivity index (χ0) is 15.4. The predicted molar refractivity (Wildman–Crippen MR) is 76.8 cm³/mol. The second-order valence-corrected chi connectivity index (χ2v) is 4.75. The van der Waals surface area contributed by atoms with Crippen LogP contribution in [0.15, 0.2) is 42.5 Å². The zero-order valence-corrected chi connectivity index (χ0v) is 11.5. The van der Waals surface area contributed by atoms with Gasteiger partial charge in [0.25, 0.3) is 12.1 Å². The number of alkyl halides is 2. The second-order valence-electron chi connectivity index (χ2n) is 4.31. The number of benzene rings is 2. The molecule has 0 fully saturated rings. The van der Waals surface area contributed by atoms with Gasteiger partial charge in [-0.3, -0.25) is 10.1 Å². The topological polar surface area (TPSA) is 55.2 Å². The standard InChI is InChI=1S/C14H11ClF2N2O2/c15-11-5-6-13(19(20)21)12(7-11)18-8-9-1-3-10(4-2-9)14(16)17/h1-7,14,18H,8H2. The number of nitro benzene ring substituents is 1. The highest BCUT2D eigenvalue weighted by molar-refractivity contribution is 6.31. The molecule has 0 bridgehead atoms. The molecule has 4 nitrogen and oxygen atoms in total. The molecule has 2 aromatic rings. The van der Waals surface area contributed by atoms with E-state index in [1.54, 1.807) is 12.1 Å². The van der Waals surface area contributed by atoms with E-state index in [1.165, 1.54) is 30.3 Å². The van der Waals surface area contributed by atoms with Crippen LogP contribution in [0, 0.1) is 10.1 Å². The van der Waals surface area contributed by atoms with Gasteiger partial charge in [0.2, 0.25) is 0 Å². The first-order chi connectivity index (χ1) is 9.97. The minimum Gasteiger partial charge on any atom is -0.375 e. The predicted octanol–water partition coefficient (Wildman–Crippen LogP) is 4.80. The lowest BCUT2D eigenvalue weighted by molar-refractivity contribution is -0.384. The average Bonchev–Trinajstić information content (AvgIpc) is 2.45. The maximum atomic E-state index is 12.4. The molecule has 7 heteroatoms. The van der Waals surface area contributed by atoms with Crippen LogP contribution in [0.5, 0.6) is 0 Å². The number of anilines is 1. The lowest BCUT2D eigenvalue weighted by Crippen LogP contribution is -2.02. The third-order valence-corrected chi connectivity index (χ3v) is 3.11. The first kappa shape index (κ1) is 15.2. The Balaban J connectivity index is 2.12. The van der Waals surface area contributed by atoms with Crippen molar-refractivity contribution in [3.63, 3.8) is 0 Å². The van der Waals surface area contributed by atoms with E-state index in [0.29, 0.717) is 5.02 Å². The Kier molecular flexibility index (Phi) is 4.70. The normalized spacial score (nSPS) is 10.7. The van der Waals surface area contributed by atoms with Crippen LogP contribution in [0.1, 0.15) is 17.6 Å². The Hall–Kier alpha value is -2.21. The van der Waals surface area contributed by atoms with Gasteiger partial charge in [-0.15, -0.1) is 0 Å². The number of nitrogens with one attached hydrogen (secondary N) is 1. The van der Waals surface area contributed by atoms with Gasteiger partial charge in [-0.25, -0.2) is 8.78 Å². The molecule has 21 heavy (non-hydrogen) atoms. The quantitative estimate of drug-likeness (QED) is 0.637. The highest BCUT2D eigenvalue weighted by atomic mass is 35.5. The van der Waals surface area contributed by atoms with Crippen molar-refractivity contribution in [1.29, 1.82) is 0 Å². The molecule has 0 aliphatic heterocycles. The molecule has 0 amide bonds. The van der Waals surface area contributed by atoms with Gasteiger partial charge in [-0.05, 0) is 17.7 Å². The van der Waals surface area contributed by atoms with Crippen LogP contribution >= 0.6 is 11.6 Å². The van der Waals surface area contributed by atoms with Crippen molar-refractivity contribution in [1.82, 2.24) is 0 Å². The van der Waals surface area contributed by atoms with Gasteiger partial charge in [0.1, 0.15) is 5.69 Å². The van der Waals surface area contributed by atoms with Crippen LogP contribution in [0.4, 0.5) is 20.2 Å². The minimum atomic E-state index is -2.51. The van der Waals surface area contributed by atoms with E-state index in [-0.39, 0.29) is 23.5 Å². The fraction of sp³-hybridized carbons (Fsp3) is 0.143. The van der Waals surface area contributed by atoms with Crippen LogP contribution < -0.4 is 5.32 Å². The minimum absolute atomic E-state index is 0.0625. The summed E-state index contributed by atoms with van der Waals surface area (Å²) in [6.45, 7) is 0.269. The van der Waals surface area contributed by atoms with Gasteiger partial charge in [-0.1, -0.05) is 35.9 Å². The Morgan fingerprint density at radius 2 is 1.86 bits per heavy atom. The van der Waals surface area contributed by atoms with Gasteiger partial charge in [0.15, 0.2) is 0 Å². The van der Waals surface area contributed by atoms with Crippen molar-refractivity contribution in [3.8, 4) is 0 Å². The molecule has 0 spiro atoms. The zero-order valence-electron chi connectivity index (χ0n) is 10.7. The molecule has 0 aromatic heterocycles. The summed E-state index contributed by atoms with van der Waals surface area (Å²) >= 11 is 5.81. The summed E-state index contributed by atoms with van der Waals surface area (Å²) in [7, 11) is 0. The molecule has 0 heterocycles. The molecule has 110 valence electrons. The SMILES string of the molecule is O=[N+]([O-])c1ccc(Cl)cc1NCc1ccc(C(F)F)cc1. The van der Waals surface area contributed by atoms with Gasteiger partial charge in [-0.2, -0.15) is 0 Å². The van der Waals surface area contributed by atoms with Gasteiger partial charge in [0.05, 0.1) is 4.92 Å². The summed E-state index contributed by atoms with van der Waals surface area (Å²) in [4.78, 5) is 10.4. The van der Waals surface area contributed by atoms with Crippen LogP contribution in [-0.2, 0) is 6.54 Å². The molecule has 0 unspecified atom stereocenters. The molecule has 0 saturated carbocycles. The molecule has 2 rings (SSSR count). The van der Waals surface area contributed by atoms with Gasteiger partial charge in [0, 0.05) is 23.2 Å². The molecule has 0 aliphatic rings. The molecule has 1 N–H and O–H groups in total. The third kappa shape index (κ3) is 3.88. The summed E-state index contributed by atoms with van der Waals surface area (Å²) in [5.41, 5.74) is 0.857. The molecule has 0 saturated heterocycles. The van der Waals surface area contributed by atoms with E-state index in [4.69, 9.17) is 11.6 Å². The summed E-state index contributed by atoms with van der Waals surface area (Å²) in [6.07, 6.45) is -2.51. The number of rotatable bonds is 5. The number of nitrogens with zero attached hydrogens (tertiary/aromatic N) is 1. The Morgan fingerprint density at radius 3 is 2.43 bits per heavy atom. The Labute approximate surface area is 124 Å². The molecule has 2 aromatic carbocycles. The van der Waals surface area contributed by atoms with Gasteiger partial charge < -0.3 is 5.32 Å². The smallest absolute Gasteiger partial charge is 0.292 e. The van der Waals surface area contributed by atoms with Crippen LogP contribution in [0.25, 0.3) is 0 Å². The molecule has 0 atom stereocenters. The lowest BCUT2D eigenvalue weighted by Gasteiger charge is -2.08. The Bertz CT molecular complexity index is 648. The summed E-state index contributed by atoms with van der Waals surface area (Å²) in [5.74, 6) is 0.